The third-order valence-electron chi connectivity index (χ3n) is 2.60. The van der Waals surface area contributed by atoms with E-state index in [4.69, 9.17) is 14.2 Å². The fraction of sp³-hybridized carbons (Fsp3) is 0.571. The van der Waals surface area contributed by atoms with Gasteiger partial charge in [-0.1, -0.05) is 6.07 Å². The van der Waals surface area contributed by atoms with Gasteiger partial charge in [0.05, 0.1) is 13.2 Å². The van der Waals surface area contributed by atoms with Crippen LogP contribution in [0.3, 0.4) is 0 Å². The van der Waals surface area contributed by atoms with E-state index in [1.54, 1.807) is 19.2 Å². The Labute approximate surface area is 118 Å². The molecule has 0 saturated heterocycles. The van der Waals surface area contributed by atoms with Gasteiger partial charge in [-0.2, -0.15) is 0 Å². The Kier molecular flexibility index (Phi) is 8.13. The van der Waals surface area contributed by atoms with E-state index in [1.165, 1.54) is 13.2 Å². The van der Waals surface area contributed by atoms with E-state index in [-0.39, 0.29) is 19.0 Å². The Morgan fingerprint density at radius 2 is 2.05 bits per heavy atom. The molecule has 0 aliphatic heterocycles. The van der Waals surface area contributed by atoms with Crippen molar-refractivity contribution in [2.75, 3.05) is 40.6 Å². The number of nitrogens with one attached hydrogen (secondary N) is 1. The highest BCUT2D eigenvalue weighted by atomic mass is 19.1. The molecule has 1 atom stereocenters. The molecule has 1 aromatic rings. The first kappa shape index (κ1) is 16.8. The fourth-order valence-corrected chi connectivity index (χ4v) is 1.60. The summed E-state index contributed by atoms with van der Waals surface area (Å²) < 4.78 is 28.6. The van der Waals surface area contributed by atoms with Gasteiger partial charge >= 0.3 is 0 Å². The Balaban J connectivity index is 2.42. The third kappa shape index (κ3) is 6.29. The molecule has 0 aliphatic rings. The van der Waals surface area contributed by atoms with Gasteiger partial charge in [-0.05, 0) is 17.7 Å². The Bertz CT molecular complexity index is 389. The van der Waals surface area contributed by atoms with Gasteiger partial charge in [-0.15, -0.1) is 0 Å². The molecule has 20 heavy (non-hydrogen) atoms. The van der Waals surface area contributed by atoms with Gasteiger partial charge in [-0.25, -0.2) is 4.39 Å². The van der Waals surface area contributed by atoms with E-state index in [1.807, 2.05) is 0 Å². The summed E-state index contributed by atoms with van der Waals surface area (Å²) in [6.45, 7) is 2.03. The molecule has 0 radical (unpaired) electrons. The molecule has 0 amide bonds. The fourth-order valence-electron chi connectivity index (χ4n) is 1.60. The van der Waals surface area contributed by atoms with E-state index in [0.29, 0.717) is 19.7 Å². The highest BCUT2D eigenvalue weighted by Crippen LogP contribution is 2.18. The zero-order valence-corrected chi connectivity index (χ0v) is 11.9. The number of halogens is 1. The number of benzene rings is 1. The third-order valence-corrected chi connectivity index (χ3v) is 2.60. The summed E-state index contributed by atoms with van der Waals surface area (Å²) in [5.41, 5.74) is 0.823. The summed E-state index contributed by atoms with van der Waals surface area (Å²) in [5, 5.41) is 12.6. The lowest BCUT2D eigenvalue weighted by atomic mass is 10.2. The van der Waals surface area contributed by atoms with Crippen molar-refractivity contribution in [2.24, 2.45) is 0 Å². The number of aliphatic hydroxyl groups is 1. The highest BCUT2D eigenvalue weighted by Gasteiger charge is 2.08. The first-order valence-corrected chi connectivity index (χ1v) is 6.45. The average molecular weight is 287 g/mol. The Morgan fingerprint density at radius 1 is 1.25 bits per heavy atom. The first-order valence-electron chi connectivity index (χ1n) is 6.45. The second kappa shape index (κ2) is 9.66. The van der Waals surface area contributed by atoms with Crippen molar-refractivity contribution in [1.82, 2.24) is 5.32 Å². The molecule has 0 heterocycles. The molecule has 1 rings (SSSR count). The molecule has 0 saturated carbocycles. The van der Waals surface area contributed by atoms with Gasteiger partial charge in [0, 0.05) is 27.3 Å². The zero-order chi connectivity index (χ0) is 14.8. The van der Waals surface area contributed by atoms with Gasteiger partial charge in [0.1, 0.15) is 12.7 Å². The monoisotopic (exact) mass is 287 g/mol. The van der Waals surface area contributed by atoms with Crippen LogP contribution in [0.5, 0.6) is 5.75 Å². The van der Waals surface area contributed by atoms with Crippen molar-refractivity contribution in [1.29, 1.82) is 0 Å². The SMILES string of the molecule is COCCNCc1ccc(OCC(O)COC)c(F)c1. The van der Waals surface area contributed by atoms with Gasteiger partial charge in [0.15, 0.2) is 11.6 Å². The van der Waals surface area contributed by atoms with Crippen LogP contribution in [0.2, 0.25) is 0 Å². The lowest BCUT2D eigenvalue weighted by Crippen LogP contribution is -2.23. The minimum absolute atomic E-state index is 0.00377. The molecule has 5 nitrogen and oxygen atoms in total. The van der Waals surface area contributed by atoms with Gasteiger partial charge < -0.3 is 24.6 Å². The van der Waals surface area contributed by atoms with E-state index in [2.05, 4.69) is 5.32 Å². The van der Waals surface area contributed by atoms with Crippen LogP contribution in [0, 0.1) is 5.82 Å². The molecule has 1 aromatic carbocycles. The molecule has 0 bridgehead atoms. The minimum atomic E-state index is -0.769. The second-order valence-corrected chi connectivity index (χ2v) is 4.35. The van der Waals surface area contributed by atoms with E-state index < -0.39 is 11.9 Å². The van der Waals surface area contributed by atoms with Crippen molar-refractivity contribution in [3.63, 3.8) is 0 Å². The molecule has 6 heteroatoms. The molecule has 1 unspecified atom stereocenters. The number of aliphatic hydroxyl groups excluding tert-OH is 1. The molecule has 0 aromatic heterocycles. The number of hydrogen-bond donors (Lipinski definition) is 2. The average Bonchev–Trinajstić information content (AvgIpc) is 2.43. The standard InChI is InChI=1S/C14H22FNO4/c1-18-6-5-16-8-11-3-4-14(13(15)7-11)20-10-12(17)9-19-2/h3-4,7,12,16-17H,5-6,8-10H2,1-2H3. The van der Waals surface area contributed by atoms with Gasteiger partial charge in [-0.3, -0.25) is 0 Å². The molecule has 0 fully saturated rings. The molecule has 0 aliphatic carbocycles. The maximum absolute atomic E-state index is 13.8. The van der Waals surface area contributed by atoms with Crippen molar-refractivity contribution < 1.29 is 23.7 Å². The molecule has 2 N–H and O–H groups in total. The van der Waals surface area contributed by atoms with Crippen LogP contribution in [0.25, 0.3) is 0 Å². The van der Waals surface area contributed by atoms with Crippen LogP contribution in [0.1, 0.15) is 5.56 Å². The summed E-state index contributed by atoms with van der Waals surface area (Å²) in [7, 11) is 3.11. The topological polar surface area (TPSA) is 60.0 Å². The summed E-state index contributed by atoms with van der Waals surface area (Å²) in [5.74, 6) is -0.318. The second-order valence-electron chi connectivity index (χ2n) is 4.35. The lowest BCUT2D eigenvalue weighted by Gasteiger charge is -2.12. The van der Waals surface area contributed by atoms with Crippen LogP contribution in [0.4, 0.5) is 4.39 Å². The summed E-state index contributed by atoms with van der Waals surface area (Å²) in [4.78, 5) is 0. The maximum Gasteiger partial charge on any atom is 0.165 e. The van der Waals surface area contributed by atoms with Crippen LogP contribution in [-0.2, 0) is 16.0 Å². The van der Waals surface area contributed by atoms with Crippen LogP contribution in [-0.4, -0.2) is 51.8 Å². The lowest BCUT2D eigenvalue weighted by molar-refractivity contribution is 0.0316. The summed E-state index contributed by atoms with van der Waals surface area (Å²) in [6.07, 6.45) is -0.769. The number of methoxy groups -OCH3 is 2. The van der Waals surface area contributed by atoms with Crippen LogP contribution < -0.4 is 10.1 Å². The summed E-state index contributed by atoms with van der Waals surface area (Å²) >= 11 is 0. The summed E-state index contributed by atoms with van der Waals surface area (Å²) in [6, 6.07) is 4.75. The van der Waals surface area contributed by atoms with E-state index >= 15 is 0 Å². The Morgan fingerprint density at radius 3 is 2.70 bits per heavy atom. The van der Waals surface area contributed by atoms with E-state index in [9.17, 15) is 9.50 Å². The quantitative estimate of drug-likeness (QED) is 0.627. The first-order chi connectivity index (χ1) is 9.67. The van der Waals surface area contributed by atoms with Crippen molar-refractivity contribution in [2.45, 2.75) is 12.6 Å². The van der Waals surface area contributed by atoms with Crippen molar-refractivity contribution in [3.05, 3.63) is 29.6 Å². The predicted molar refractivity (Wildman–Crippen MR) is 73.4 cm³/mol. The molecule has 114 valence electrons. The molecule has 0 spiro atoms. The van der Waals surface area contributed by atoms with Crippen LogP contribution >= 0.6 is 0 Å². The molecular weight excluding hydrogens is 265 g/mol. The number of hydrogen-bond acceptors (Lipinski definition) is 5. The predicted octanol–water partition coefficient (Wildman–Crippen LogP) is 0.948. The number of ether oxygens (including phenoxy) is 3. The normalized spacial score (nSPS) is 12.4. The Hall–Kier alpha value is -1.21. The number of rotatable bonds is 10. The zero-order valence-electron chi connectivity index (χ0n) is 11.9. The largest absolute Gasteiger partial charge is 0.488 e. The van der Waals surface area contributed by atoms with Crippen LogP contribution in [0.15, 0.2) is 18.2 Å². The van der Waals surface area contributed by atoms with Crippen molar-refractivity contribution >= 4 is 0 Å². The highest BCUT2D eigenvalue weighted by molar-refractivity contribution is 5.29. The smallest absolute Gasteiger partial charge is 0.165 e. The van der Waals surface area contributed by atoms with Gasteiger partial charge in [0.2, 0.25) is 0 Å². The maximum atomic E-state index is 13.8. The van der Waals surface area contributed by atoms with Gasteiger partial charge in [0.25, 0.3) is 0 Å². The minimum Gasteiger partial charge on any atom is -0.488 e. The molecular formula is C14H22FNO4. The van der Waals surface area contributed by atoms with Crippen molar-refractivity contribution in [3.8, 4) is 5.75 Å². The van der Waals surface area contributed by atoms with E-state index in [0.717, 1.165) is 5.56 Å².